The number of amides is 2. The van der Waals surface area contributed by atoms with E-state index in [1.165, 1.54) is 4.68 Å². The third-order valence-corrected chi connectivity index (χ3v) is 2.65. The number of aryl methyl sites for hydroxylation is 1. The molecule has 2 rings (SSSR count). The van der Waals surface area contributed by atoms with Crippen LogP contribution < -0.4 is 16.4 Å². The van der Waals surface area contributed by atoms with Gasteiger partial charge in [0.25, 0.3) is 11.8 Å². The summed E-state index contributed by atoms with van der Waals surface area (Å²) in [6.45, 7) is 1.65. The molecule has 0 bridgehead atoms. The summed E-state index contributed by atoms with van der Waals surface area (Å²) in [4.78, 5) is 22.8. The molecule has 91 valence electrons. The standard InChI is InChI=1S/C10H14N5O2/c1-15-8(4-7(14-15)9(11)16)10(17)13-6-2-3-12-5-6/h6,12H,2-3,5H2,1H3,(H2,11,16)(H,13,17). The van der Waals surface area contributed by atoms with Crippen molar-refractivity contribution in [2.24, 2.45) is 12.8 Å². The van der Waals surface area contributed by atoms with E-state index in [2.05, 4.69) is 21.8 Å². The summed E-state index contributed by atoms with van der Waals surface area (Å²) in [5, 5.41) is 9.80. The molecule has 7 heteroatoms. The van der Waals surface area contributed by atoms with Crippen molar-refractivity contribution in [1.29, 1.82) is 0 Å². The fourth-order valence-corrected chi connectivity index (χ4v) is 1.76. The summed E-state index contributed by atoms with van der Waals surface area (Å²) >= 11 is 0. The first kappa shape index (κ1) is 11.6. The number of carbonyl (C=O) groups excluding carboxylic acids is 2. The Morgan fingerprint density at radius 1 is 1.65 bits per heavy atom. The molecule has 1 radical (unpaired) electrons. The molecule has 2 heterocycles. The number of nitrogens with two attached hydrogens (primary N) is 1. The maximum Gasteiger partial charge on any atom is 0.270 e. The lowest BCUT2D eigenvalue weighted by Gasteiger charge is -2.10. The van der Waals surface area contributed by atoms with Crippen LogP contribution in [-0.4, -0.2) is 40.7 Å². The molecule has 1 aliphatic rings. The van der Waals surface area contributed by atoms with Crippen LogP contribution in [0.25, 0.3) is 0 Å². The predicted molar refractivity (Wildman–Crippen MR) is 59.3 cm³/mol. The molecule has 0 aliphatic carbocycles. The van der Waals surface area contributed by atoms with E-state index in [0.717, 1.165) is 19.5 Å². The predicted octanol–water partition coefficient (Wildman–Crippen LogP) is -1.59. The van der Waals surface area contributed by atoms with Crippen LogP contribution in [0.15, 0.2) is 0 Å². The molecule has 0 aromatic carbocycles. The fraction of sp³-hybridized carbons (Fsp3) is 0.500. The van der Waals surface area contributed by atoms with Gasteiger partial charge >= 0.3 is 0 Å². The monoisotopic (exact) mass is 236 g/mol. The highest BCUT2D eigenvalue weighted by molar-refractivity contribution is 5.96. The minimum atomic E-state index is -0.692. The van der Waals surface area contributed by atoms with Gasteiger partial charge in [-0.2, -0.15) is 5.10 Å². The van der Waals surface area contributed by atoms with E-state index in [-0.39, 0.29) is 23.3 Å². The van der Waals surface area contributed by atoms with E-state index in [0.29, 0.717) is 0 Å². The number of hydrogen-bond acceptors (Lipinski definition) is 4. The van der Waals surface area contributed by atoms with Crippen LogP contribution >= 0.6 is 0 Å². The van der Waals surface area contributed by atoms with Gasteiger partial charge in [0.1, 0.15) is 5.69 Å². The van der Waals surface area contributed by atoms with Gasteiger partial charge in [0.2, 0.25) is 0 Å². The van der Waals surface area contributed by atoms with Crippen molar-refractivity contribution in [2.75, 3.05) is 13.1 Å². The molecule has 1 saturated heterocycles. The maximum absolute atomic E-state index is 11.9. The lowest BCUT2D eigenvalue weighted by molar-refractivity contribution is 0.0929. The third kappa shape index (κ3) is 2.44. The normalized spacial score (nSPS) is 19.2. The van der Waals surface area contributed by atoms with Crippen LogP contribution in [-0.2, 0) is 7.05 Å². The average molecular weight is 236 g/mol. The summed E-state index contributed by atoms with van der Waals surface area (Å²) < 4.78 is 1.30. The number of primary amides is 1. The Morgan fingerprint density at radius 3 is 2.94 bits per heavy atom. The SMILES string of the molecule is Cn1nc(C(N)=O)[c]c1C(=O)NC1CCNC1. The molecule has 1 unspecified atom stereocenters. The van der Waals surface area contributed by atoms with Crippen LogP contribution in [0.5, 0.6) is 0 Å². The van der Waals surface area contributed by atoms with Gasteiger partial charge in [0.15, 0.2) is 5.69 Å². The second-order valence-corrected chi connectivity index (χ2v) is 3.97. The van der Waals surface area contributed by atoms with Crippen LogP contribution in [0.4, 0.5) is 0 Å². The van der Waals surface area contributed by atoms with Crippen LogP contribution in [0, 0.1) is 6.07 Å². The Morgan fingerprint density at radius 2 is 2.41 bits per heavy atom. The second-order valence-electron chi connectivity index (χ2n) is 3.97. The molecule has 2 amide bonds. The molecule has 1 fully saturated rings. The molecule has 1 aliphatic heterocycles. The summed E-state index contributed by atoms with van der Waals surface area (Å²) in [6.07, 6.45) is 0.895. The maximum atomic E-state index is 11.9. The summed E-state index contributed by atoms with van der Waals surface area (Å²) in [7, 11) is 1.57. The zero-order valence-corrected chi connectivity index (χ0v) is 9.49. The highest BCUT2D eigenvalue weighted by Crippen LogP contribution is 2.04. The first-order valence-electron chi connectivity index (χ1n) is 5.35. The van der Waals surface area contributed by atoms with E-state index in [9.17, 15) is 9.59 Å². The van der Waals surface area contributed by atoms with E-state index in [1.807, 2.05) is 0 Å². The first-order valence-corrected chi connectivity index (χ1v) is 5.35. The second kappa shape index (κ2) is 4.54. The molecule has 0 saturated carbocycles. The van der Waals surface area contributed by atoms with Crippen LogP contribution in [0.2, 0.25) is 0 Å². The average Bonchev–Trinajstić information content (AvgIpc) is 2.86. The quantitative estimate of drug-likeness (QED) is 0.589. The zero-order valence-electron chi connectivity index (χ0n) is 9.49. The van der Waals surface area contributed by atoms with Crippen molar-refractivity contribution in [3.8, 4) is 0 Å². The molecule has 4 N–H and O–H groups in total. The lowest BCUT2D eigenvalue weighted by atomic mass is 10.2. The van der Waals surface area contributed by atoms with Gasteiger partial charge in [0.05, 0.1) is 6.07 Å². The Balaban J connectivity index is 2.10. The molecular formula is C10H14N5O2. The number of hydrogen-bond donors (Lipinski definition) is 3. The fourth-order valence-electron chi connectivity index (χ4n) is 1.76. The van der Waals surface area contributed by atoms with E-state index in [4.69, 9.17) is 5.73 Å². The first-order chi connectivity index (χ1) is 8.08. The molecule has 1 aromatic heterocycles. The van der Waals surface area contributed by atoms with Gasteiger partial charge in [-0.15, -0.1) is 0 Å². The Labute approximate surface area is 98.4 Å². The van der Waals surface area contributed by atoms with Crippen molar-refractivity contribution in [1.82, 2.24) is 20.4 Å². The van der Waals surface area contributed by atoms with Gasteiger partial charge in [0, 0.05) is 19.6 Å². The van der Waals surface area contributed by atoms with E-state index in [1.54, 1.807) is 7.05 Å². The largest absolute Gasteiger partial charge is 0.364 e. The van der Waals surface area contributed by atoms with Crippen molar-refractivity contribution in [2.45, 2.75) is 12.5 Å². The van der Waals surface area contributed by atoms with Gasteiger partial charge in [-0.05, 0) is 13.0 Å². The van der Waals surface area contributed by atoms with Gasteiger partial charge < -0.3 is 16.4 Å². The molecule has 1 atom stereocenters. The molecule has 1 aromatic rings. The summed E-state index contributed by atoms with van der Waals surface area (Å²) in [5.74, 6) is -0.983. The minimum absolute atomic E-state index is 0.0257. The van der Waals surface area contributed by atoms with Crippen molar-refractivity contribution >= 4 is 11.8 Å². The van der Waals surface area contributed by atoms with Gasteiger partial charge in [-0.1, -0.05) is 0 Å². The molecule has 17 heavy (non-hydrogen) atoms. The number of aromatic nitrogens is 2. The topological polar surface area (TPSA) is 102 Å². The number of nitrogens with one attached hydrogen (secondary N) is 2. The van der Waals surface area contributed by atoms with Crippen molar-refractivity contribution in [3.05, 3.63) is 17.5 Å². The number of rotatable bonds is 3. The van der Waals surface area contributed by atoms with E-state index < -0.39 is 5.91 Å². The highest BCUT2D eigenvalue weighted by atomic mass is 16.2. The van der Waals surface area contributed by atoms with Crippen molar-refractivity contribution in [3.63, 3.8) is 0 Å². The smallest absolute Gasteiger partial charge is 0.270 e. The zero-order chi connectivity index (χ0) is 12.4. The van der Waals surface area contributed by atoms with Crippen LogP contribution in [0.1, 0.15) is 27.4 Å². The Bertz CT molecular complexity index is 448. The third-order valence-electron chi connectivity index (χ3n) is 2.65. The Hall–Kier alpha value is -1.89. The molecular weight excluding hydrogens is 222 g/mol. The number of nitrogens with zero attached hydrogens (tertiary/aromatic N) is 2. The minimum Gasteiger partial charge on any atom is -0.364 e. The van der Waals surface area contributed by atoms with Gasteiger partial charge in [-0.3, -0.25) is 14.3 Å². The van der Waals surface area contributed by atoms with Crippen LogP contribution in [0.3, 0.4) is 0 Å². The lowest BCUT2D eigenvalue weighted by Crippen LogP contribution is -2.37. The van der Waals surface area contributed by atoms with Crippen molar-refractivity contribution < 1.29 is 9.59 Å². The Kier molecular flexibility index (Phi) is 3.10. The molecule has 0 spiro atoms. The summed E-state index contributed by atoms with van der Waals surface area (Å²) in [5.41, 5.74) is 5.26. The summed E-state index contributed by atoms with van der Waals surface area (Å²) in [6, 6.07) is 2.71. The highest BCUT2D eigenvalue weighted by Gasteiger charge is 2.21. The molecule has 7 nitrogen and oxygen atoms in total. The number of carbonyl (C=O) groups is 2. The van der Waals surface area contributed by atoms with E-state index >= 15 is 0 Å². The van der Waals surface area contributed by atoms with Gasteiger partial charge in [-0.25, -0.2) is 0 Å².